The van der Waals surface area contributed by atoms with Gasteiger partial charge in [0.1, 0.15) is 17.5 Å². The Morgan fingerprint density at radius 1 is 1.15 bits per heavy atom. The first-order valence-corrected chi connectivity index (χ1v) is 7.01. The second kappa shape index (κ2) is 4.98. The normalized spacial score (nSPS) is 11.2. The highest BCUT2D eigenvalue weighted by molar-refractivity contribution is 9.10. The zero-order chi connectivity index (χ0) is 14.3. The molecular formula is C15H11BrF2N2. The van der Waals surface area contributed by atoms with Crippen LogP contribution in [0.25, 0.3) is 22.4 Å². The van der Waals surface area contributed by atoms with Crippen LogP contribution in [0.4, 0.5) is 8.78 Å². The van der Waals surface area contributed by atoms with Crippen molar-refractivity contribution in [3.05, 3.63) is 52.0 Å². The Bertz CT molecular complexity index is 773. The molecular weight excluding hydrogens is 326 g/mol. The van der Waals surface area contributed by atoms with E-state index in [1.54, 1.807) is 0 Å². The lowest BCUT2D eigenvalue weighted by Crippen LogP contribution is -1.92. The number of hydrogen-bond acceptors (Lipinski definition) is 1. The molecule has 0 aliphatic heterocycles. The molecule has 1 aromatic heterocycles. The molecule has 3 aromatic rings. The first-order chi connectivity index (χ1) is 9.58. The first-order valence-electron chi connectivity index (χ1n) is 6.22. The Kier molecular flexibility index (Phi) is 3.30. The van der Waals surface area contributed by atoms with Gasteiger partial charge in [-0.25, -0.2) is 13.8 Å². The summed E-state index contributed by atoms with van der Waals surface area (Å²) in [5.74, 6) is -1.09. The molecule has 0 aliphatic carbocycles. The third-order valence-corrected chi connectivity index (χ3v) is 3.66. The summed E-state index contributed by atoms with van der Waals surface area (Å²) >= 11 is 3.06. The summed E-state index contributed by atoms with van der Waals surface area (Å²) in [7, 11) is 0. The highest BCUT2D eigenvalue weighted by Gasteiger charge is 2.16. The Hall–Kier alpha value is -1.75. The summed E-state index contributed by atoms with van der Waals surface area (Å²) in [6.45, 7) is 2.05. The molecule has 0 aliphatic rings. The molecule has 0 amide bonds. The Morgan fingerprint density at radius 2 is 1.85 bits per heavy atom. The van der Waals surface area contributed by atoms with E-state index in [9.17, 15) is 8.78 Å². The zero-order valence-electron chi connectivity index (χ0n) is 10.7. The van der Waals surface area contributed by atoms with Gasteiger partial charge in [-0.1, -0.05) is 28.9 Å². The molecule has 0 unspecified atom stereocenters. The number of nitrogens with zero attached hydrogens (tertiary/aromatic N) is 1. The molecule has 1 heterocycles. The van der Waals surface area contributed by atoms with E-state index in [1.807, 2.05) is 25.1 Å². The highest BCUT2D eigenvalue weighted by Crippen LogP contribution is 2.28. The van der Waals surface area contributed by atoms with Gasteiger partial charge >= 0.3 is 0 Å². The second-order valence-corrected chi connectivity index (χ2v) is 5.45. The van der Waals surface area contributed by atoms with Gasteiger partial charge in [0.05, 0.1) is 16.6 Å². The largest absolute Gasteiger partial charge is 0.338 e. The smallest absolute Gasteiger partial charge is 0.144 e. The van der Waals surface area contributed by atoms with Crippen molar-refractivity contribution >= 4 is 27.0 Å². The van der Waals surface area contributed by atoms with Crippen LogP contribution in [-0.4, -0.2) is 9.97 Å². The van der Waals surface area contributed by atoms with Crippen molar-refractivity contribution in [2.45, 2.75) is 13.3 Å². The van der Waals surface area contributed by atoms with Crippen LogP contribution in [0, 0.1) is 11.6 Å². The third kappa shape index (κ3) is 2.22. The van der Waals surface area contributed by atoms with E-state index >= 15 is 0 Å². The predicted molar refractivity (Wildman–Crippen MR) is 78.5 cm³/mol. The Labute approximate surface area is 123 Å². The number of nitrogens with one attached hydrogen (secondary N) is 1. The van der Waals surface area contributed by atoms with Crippen LogP contribution in [0.1, 0.15) is 12.5 Å². The summed E-state index contributed by atoms with van der Waals surface area (Å²) in [5, 5.41) is 0. The van der Waals surface area contributed by atoms with E-state index in [1.165, 1.54) is 12.1 Å². The molecule has 1 N–H and O–H groups in total. The van der Waals surface area contributed by atoms with Gasteiger partial charge in [-0.2, -0.15) is 0 Å². The number of hydrogen-bond donors (Lipinski definition) is 1. The van der Waals surface area contributed by atoms with Crippen molar-refractivity contribution in [3.8, 4) is 11.4 Å². The molecule has 102 valence electrons. The summed E-state index contributed by atoms with van der Waals surface area (Å²) in [5.41, 5.74) is 2.48. The van der Waals surface area contributed by atoms with Crippen molar-refractivity contribution in [2.24, 2.45) is 0 Å². The van der Waals surface area contributed by atoms with Crippen molar-refractivity contribution < 1.29 is 8.78 Å². The van der Waals surface area contributed by atoms with Crippen LogP contribution in [0.5, 0.6) is 0 Å². The van der Waals surface area contributed by atoms with Gasteiger partial charge in [-0.15, -0.1) is 0 Å². The maximum absolute atomic E-state index is 13.9. The minimum atomic E-state index is -0.647. The van der Waals surface area contributed by atoms with Crippen LogP contribution >= 0.6 is 15.9 Å². The van der Waals surface area contributed by atoms with Crippen LogP contribution in [0.15, 0.2) is 34.8 Å². The second-order valence-electron chi connectivity index (χ2n) is 4.53. The Balaban J connectivity index is 2.20. The minimum Gasteiger partial charge on any atom is -0.338 e. The Morgan fingerprint density at radius 3 is 2.50 bits per heavy atom. The number of imidazole rings is 1. The van der Waals surface area contributed by atoms with Gasteiger partial charge in [-0.05, 0) is 36.2 Å². The van der Waals surface area contributed by atoms with Crippen LogP contribution in [0.2, 0.25) is 0 Å². The lowest BCUT2D eigenvalue weighted by Gasteiger charge is -2.02. The highest BCUT2D eigenvalue weighted by atomic mass is 79.9. The number of benzene rings is 2. The van der Waals surface area contributed by atoms with E-state index < -0.39 is 11.6 Å². The molecule has 3 rings (SSSR count). The van der Waals surface area contributed by atoms with Crippen LogP contribution < -0.4 is 0 Å². The van der Waals surface area contributed by atoms with Crippen molar-refractivity contribution in [3.63, 3.8) is 0 Å². The number of aryl methyl sites for hydroxylation is 1. The van der Waals surface area contributed by atoms with Gasteiger partial charge in [0.2, 0.25) is 0 Å². The fourth-order valence-electron chi connectivity index (χ4n) is 2.16. The zero-order valence-corrected chi connectivity index (χ0v) is 12.3. The molecule has 0 saturated carbocycles. The van der Waals surface area contributed by atoms with Crippen molar-refractivity contribution in [2.75, 3.05) is 0 Å². The molecule has 2 nitrogen and oxygen atoms in total. The lowest BCUT2D eigenvalue weighted by atomic mass is 10.1. The number of aromatic amines is 1. The SMILES string of the molecule is CCc1ccc2nc(-c3c(F)cc(Br)cc3F)[nH]c2c1. The molecule has 0 radical (unpaired) electrons. The molecule has 0 bridgehead atoms. The standard InChI is InChI=1S/C15H11BrF2N2/c1-2-8-3-4-12-13(5-8)20-15(19-12)14-10(17)6-9(16)7-11(14)18/h3-7H,2H2,1H3,(H,19,20). The molecule has 20 heavy (non-hydrogen) atoms. The van der Waals surface area contributed by atoms with E-state index in [4.69, 9.17) is 0 Å². The average Bonchev–Trinajstić information content (AvgIpc) is 2.79. The fourth-order valence-corrected chi connectivity index (χ4v) is 2.57. The number of H-pyrrole nitrogens is 1. The maximum atomic E-state index is 13.9. The summed E-state index contributed by atoms with van der Waals surface area (Å²) in [6, 6.07) is 8.21. The minimum absolute atomic E-state index is 0.137. The van der Waals surface area contributed by atoms with E-state index in [-0.39, 0.29) is 11.4 Å². The lowest BCUT2D eigenvalue weighted by molar-refractivity contribution is 0.586. The molecule has 0 saturated heterocycles. The summed E-state index contributed by atoms with van der Waals surface area (Å²) < 4.78 is 28.2. The third-order valence-electron chi connectivity index (χ3n) is 3.20. The fraction of sp³-hybridized carbons (Fsp3) is 0.133. The number of aromatic nitrogens is 2. The first kappa shape index (κ1) is 13.2. The number of rotatable bonds is 2. The van der Waals surface area contributed by atoms with E-state index in [0.717, 1.165) is 17.5 Å². The van der Waals surface area contributed by atoms with Gasteiger partial charge in [0.25, 0.3) is 0 Å². The number of halogens is 3. The summed E-state index contributed by atoms with van der Waals surface area (Å²) in [6.07, 6.45) is 0.894. The van der Waals surface area contributed by atoms with Crippen LogP contribution in [-0.2, 0) is 6.42 Å². The quantitative estimate of drug-likeness (QED) is 0.713. The number of fused-ring (bicyclic) bond motifs is 1. The van der Waals surface area contributed by atoms with Crippen molar-refractivity contribution in [1.29, 1.82) is 0 Å². The van der Waals surface area contributed by atoms with Gasteiger partial charge in [-0.3, -0.25) is 0 Å². The maximum Gasteiger partial charge on any atom is 0.144 e. The molecule has 5 heteroatoms. The average molecular weight is 337 g/mol. The van der Waals surface area contributed by atoms with Gasteiger partial charge < -0.3 is 4.98 Å². The summed E-state index contributed by atoms with van der Waals surface area (Å²) in [4.78, 5) is 7.24. The van der Waals surface area contributed by atoms with E-state index in [2.05, 4.69) is 25.9 Å². The monoisotopic (exact) mass is 336 g/mol. The van der Waals surface area contributed by atoms with Gasteiger partial charge in [0.15, 0.2) is 0 Å². The van der Waals surface area contributed by atoms with E-state index in [0.29, 0.717) is 9.99 Å². The van der Waals surface area contributed by atoms with Crippen molar-refractivity contribution in [1.82, 2.24) is 9.97 Å². The molecule has 0 spiro atoms. The molecule has 2 aromatic carbocycles. The molecule has 0 atom stereocenters. The van der Waals surface area contributed by atoms with Crippen LogP contribution in [0.3, 0.4) is 0 Å². The topological polar surface area (TPSA) is 28.7 Å². The van der Waals surface area contributed by atoms with Gasteiger partial charge in [0, 0.05) is 4.47 Å². The molecule has 0 fully saturated rings. The predicted octanol–water partition coefficient (Wildman–Crippen LogP) is 4.83.